The van der Waals surface area contributed by atoms with Crippen LogP contribution in [0, 0.1) is 5.92 Å². The molecule has 0 amide bonds. The Balaban J connectivity index is 2.41. The number of aromatic nitrogens is 1. The van der Waals surface area contributed by atoms with Gasteiger partial charge in [0.05, 0.1) is 12.3 Å². The molecule has 1 aromatic carbocycles. The summed E-state index contributed by atoms with van der Waals surface area (Å²) in [5.41, 5.74) is 2.24. The molecule has 0 saturated heterocycles. The Morgan fingerprint density at radius 1 is 0.967 bits per heavy atom. The standard InChI is InChI=1S/C25H41NO2SSi/c1-17(2)15-22-23(26-24(29-22)21-13-11-10-12-14-21)25(9,27)16-28-30(18(3)4,19(5)6)20(7)8/h10-14,17-20,27H,15-16H2,1-9H3/t25-/m0/s1. The number of thiazole rings is 1. The van der Waals surface area contributed by atoms with Crippen LogP contribution in [0.3, 0.4) is 0 Å². The van der Waals surface area contributed by atoms with Gasteiger partial charge in [0, 0.05) is 10.4 Å². The summed E-state index contributed by atoms with van der Waals surface area (Å²) in [5, 5.41) is 12.6. The summed E-state index contributed by atoms with van der Waals surface area (Å²) >= 11 is 1.70. The zero-order valence-corrected chi connectivity index (χ0v) is 22.1. The van der Waals surface area contributed by atoms with Gasteiger partial charge >= 0.3 is 0 Å². The Morgan fingerprint density at radius 3 is 1.97 bits per heavy atom. The molecule has 0 fully saturated rings. The van der Waals surface area contributed by atoms with Crippen LogP contribution in [0.5, 0.6) is 0 Å². The average molecular weight is 448 g/mol. The summed E-state index contributed by atoms with van der Waals surface area (Å²) in [6.07, 6.45) is 0.914. The Morgan fingerprint density at radius 2 is 1.50 bits per heavy atom. The van der Waals surface area contributed by atoms with Gasteiger partial charge in [0.25, 0.3) is 0 Å². The van der Waals surface area contributed by atoms with Crippen molar-refractivity contribution in [2.45, 2.75) is 91.0 Å². The number of nitrogens with zero attached hydrogens (tertiary/aromatic N) is 1. The molecule has 2 aromatic rings. The van der Waals surface area contributed by atoms with E-state index >= 15 is 0 Å². The molecule has 30 heavy (non-hydrogen) atoms. The summed E-state index contributed by atoms with van der Waals surface area (Å²) in [5.74, 6) is 0.500. The van der Waals surface area contributed by atoms with Gasteiger partial charge in [-0.25, -0.2) is 4.98 Å². The zero-order valence-electron chi connectivity index (χ0n) is 20.3. The van der Waals surface area contributed by atoms with Crippen molar-refractivity contribution in [3.8, 4) is 10.6 Å². The van der Waals surface area contributed by atoms with Gasteiger partial charge in [-0.1, -0.05) is 85.7 Å². The summed E-state index contributed by atoms with van der Waals surface area (Å²) in [7, 11) is -2.06. The number of hydrogen-bond acceptors (Lipinski definition) is 4. The van der Waals surface area contributed by atoms with E-state index in [2.05, 4.69) is 67.5 Å². The fourth-order valence-corrected chi connectivity index (χ4v) is 11.8. The van der Waals surface area contributed by atoms with Crippen molar-refractivity contribution in [1.82, 2.24) is 4.98 Å². The molecular formula is C25H41NO2SSi. The molecule has 0 unspecified atom stereocenters. The van der Waals surface area contributed by atoms with E-state index in [-0.39, 0.29) is 0 Å². The largest absolute Gasteiger partial charge is 0.413 e. The van der Waals surface area contributed by atoms with E-state index in [0.717, 1.165) is 22.7 Å². The molecule has 1 atom stereocenters. The molecule has 0 spiro atoms. The lowest BCUT2D eigenvalue weighted by molar-refractivity contribution is -0.00256. The van der Waals surface area contributed by atoms with Crippen LogP contribution >= 0.6 is 11.3 Å². The Hall–Kier alpha value is -1.01. The average Bonchev–Trinajstić information content (AvgIpc) is 3.06. The molecule has 0 aliphatic heterocycles. The highest BCUT2D eigenvalue weighted by Gasteiger charge is 2.46. The molecule has 0 aliphatic carbocycles. The molecule has 0 aliphatic rings. The summed E-state index contributed by atoms with van der Waals surface area (Å²) < 4.78 is 6.76. The van der Waals surface area contributed by atoms with Crippen LogP contribution in [0.4, 0.5) is 0 Å². The van der Waals surface area contributed by atoms with Gasteiger partial charge in [-0.15, -0.1) is 11.3 Å². The lowest BCUT2D eigenvalue weighted by atomic mass is 9.99. The molecular weight excluding hydrogens is 406 g/mol. The van der Waals surface area contributed by atoms with Crippen molar-refractivity contribution in [2.75, 3.05) is 6.61 Å². The lowest BCUT2D eigenvalue weighted by Crippen LogP contribution is -2.50. The predicted molar refractivity (Wildman–Crippen MR) is 133 cm³/mol. The second-order valence-corrected chi connectivity index (χ2v) is 16.7. The van der Waals surface area contributed by atoms with Crippen LogP contribution in [0.1, 0.15) is 72.9 Å². The van der Waals surface area contributed by atoms with Gasteiger partial charge in [-0.2, -0.15) is 0 Å². The maximum atomic E-state index is 11.6. The maximum Gasteiger partial charge on any atom is 0.200 e. The zero-order chi connectivity index (χ0) is 22.7. The van der Waals surface area contributed by atoms with Crippen LogP contribution in [0.2, 0.25) is 16.6 Å². The third kappa shape index (κ3) is 5.42. The highest BCUT2D eigenvalue weighted by molar-refractivity contribution is 7.15. The molecule has 168 valence electrons. The molecule has 2 rings (SSSR count). The third-order valence-corrected chi connectivity index (χ3v) is 13.3. The molecule has 5 heteroatoms. The number of rotatable bonds is 10. The van der Waals surface area contributed by atoms with Crippen molar-refractivity contribution >= 4 is 19.7 Å². The van der Waals surface area contributed by atoms with Gasteiger partial charge in [0.15, 0.2) is 8.32 Å². The third-order valence-electron chi connectivity index (χ3n) is 6.13. The fraction of sp³-hybridized carbons (Fsp3) is 0.640. The van der Waals surface area contributed by atoms with Crippen molar-refractivity contribution in [1.29, 1.82) is 0 Å². The van der Waals surface area contributed by atoms with Crippen LogP contribution in [0.15, 0.2) is 30.3 Å². The summed E-state index contributed by atoms with van der Waals surface area (Å²) in [6.45, 7) is 20.3. The molecule has 0 bridgehead atoms. The molecule has 1 heterocycles. The van der Waals surface area contributed by atoms with Gasteiger partial charge in [0.2, 0.25) is 0 Å². The second kappa shape index (κ2) is 10.1. The normalized spacial score (nSPS) is 14.9. The van der Waals surface area contributed by atoms with Crippen molar-refractivity contribution < 1.29 is 9.53 Å². The minimum absolute atomic E-state index is 0.302. The van der Waals surface area contributed by atoms with E-state index in [9.17, 15) is 5.11 Å². The van der Waals surface area contributed by atoms with Crippen molar-refractivity contribution in [2.24, 2.45) is 5.92 Å². The topological polar surface area (TPSA) is 42.4 Å². The lowest BCUT2D eigenvalue weighted by Gasteiger charge is -2.43. The molecule has 3 nitrogen and oxygen atoms in total. The van der Waals surface area contributed by atoms with Gasteiger partial charge in [0.1, 0.15) is 10.6 Å². The first-order valence-corrected chi connectivity index (χ1v) is 14.3. The van der Waals surface area contributed by atoms with Gasteiger partial charge in [-0.05, 0) is 35.9 Å². The van der Waals surface area contributed by atoms with E-state index in [1.807, 2.05) is 25.1 Å². The molecule has 1 aromatic heterocycles. The highest BCUT2D eigenvalue weighted by atomic mass is 32.1. The minimum Gasteiger partial charge on any atom is -0.413 e. The van der Waals surface area contributed by atoms with Gasteiger partial charge < -0.3 is 9.53 Å². The summed E-state index contributed by atoms with van der Waals surface area (Å²) in [4.78, 5) is 6.11. The first-order valence-electron chi connectivity index (χ1n) is 11.3. The van der Waals surface area contributed by atoms with E-state index < -0.39 is 13.9 Å². The van der Waals surface area contributed by atoms with Crippen molar-refractivity contribution in [3.63, 3.8) is 0 Å². The Labute approximate surface area is 189 Å². The summed E-state index contributed by atoms with van der Waals surface area (Å²) in [6, 6.07) is 10.3. The van der Waals surface area contributed by atoms with Crippen LogP contribution in [-0.2, 0) is 16.4 Å². The molecule has 0 saturated carbocycles. The Kier molecular flexibility index (Phi) is 8.48. The smallest absolute Gasteiger partial charge is 0.200 e. The maximum absolute atomic E-state index is 11.6. The van der Waals surface area contributed by atoms with Crippen molar-refractivity contribution in [3.05, 3.63) is 40.9 Å². The Bertz CT molecular complexity index is 775. The monoisotopic (exact) mass is 447 g/mol. The quantitative estimate of drug-likeness (QED) is 0.386. The SMILES string of the molecule is CC(C)Cc1sc(-c2ccccc2)nc1[C@@](C)(O)CO[Si](C(C)C)(C(C)C)C(C)C. The molecule has 0 radical (unpaired) electrons. The minimum atomic E-state index is -2.06. The van der Waals surface area contributed by atoms with Crippen LogP contribution < -0.4 is 0 Å². The first kappa shape index (κ1) is 25.2. The number of hydrogen-bond donors (Lipinski definition) is 1. The van der Waals surface area contributed by atoms with E-state index in [0.29, 0.717) is 29.1 Å². The van der Waals surface area contributed by atoms with E-state index in [4.69, 9.17) is 9.41 Å². The molecule has 1 N–H and O–H groups in total. The second-order valence-electron chi connectivity index (χ2n) is 10.1. The van der Waals surface area contributed by atoms with E-state index in [1.165, 1.54) is 4.88 Å². The fourth-order valence-electron chi connectivity index (χ4n) is 4.82. The van der Waals surface area contributed by atoms with Crippen LogP contribution in [-0.4, -0.2) is 25.0 Å². The number of benzene rings is 1. The highest BCUT2D eigenvalue weighted by Crippen LogP contribution is 2.44. The van der Waals surface area contributed by atoms with Gasteiger partial charge in [-0.3, -0.25) is 0 Å². The van der Waals surface area contributed by atoms with Crippen LogP contribution in [0.25, 0.3) is 10.6 Å². The predicted octanol–water partition coefficient (Wildman–Crippen LogP) is 7.41. The van der Waals surface area contributed by atoms with E-state index in [1.54, 1.807) is 11.3 Å². The first-order chi connectivity index (χ1) is 13.9. The number of aliphatic hydroxyl groups is 1.